The van der Waals surface area contributed by atoms with E-state index < -0.39 is 17.3 Å². The monoisotopic (exact) mass is 622 g/mol. The number of rotatable bonds is 7. The number of aromatic amines is 1. The number of halogens is 2. The highest BCUT2D eigenvalue weighted by Gasteiger charge is 2.44. The zero-order valence-corrected chi connectivity index (χ0v) is 24.1. The van der Waals surface area contributed by atoms with Gasteiger partial charge in [0.25, 0.3) is 11.8 Å². The number of aromatic nitrogens is 5. The number of nitrogens with one attached hydrogen (secondary N) is 1. The summed E-state index contributed by atoms with van der Waals surface area (Å²) in [7, 11) is 0. The Morgan fingerprint density at radius 1 is 0.913 bits per heavy atom. The van der Waals surface area contributed by atoms with Crippen LogP contribution in [0, 0.1) is 11.6 Å². The molecule has 0 aliphatic carbocycles. The van der Waals surface area contributed by atoms with Gasteiger partial charge in [0, 0.05) is 12.1 Å². The number of H-pyrrole nitrogens is 1. The molecule has 1 atom stereocenters. The van der Waals surface area contributed by atoms with Gasteiger partial charge in [-0.05, 0) is 73.2 Å². The molecular formula is C33H24F2N6O5. The first-order chi connectivity index (χ1) is 22.3. The van der Waals surface area contributed by atoms with Gasteiger partial charge in [0.1, 0.15) is 11.6 Å². The van der Waals surface area contributed by atoms with Crippen LogP contribution in [0.15, 0.2) is 79.2 Å². The maximum Gasteiger partial charge on any atom is 0.434 e. The first-order valence-electron chi connectivity index (χ1n) is 14.8. The van der Waals surface area contributed by atoms with E-state index in [1.165, 1.54) is 28.8 Å². The van der Waals surface area contributed by atoms with Gasteiger partial charge in [0.05, 0.1) is 52.5 Å². The van der Waals surface area contributed by atoms with Crippen LogP contribution in [0.2, 0.25) is 0 Å². The van der Waals surface area contributed by atoms with Crippen LogP contribution in [0.4, 0.5) is 8.78 Å². The predicted octanol–water partition coefficient (Wildman–Crippen LogP) is 4.80. The van der Waals surface area contributed by atoms with Crippen molar-refractivity contribution < 1.29 is 22.4 Å². The zero-order valence-electron chi connectivity index (χ0n) is 24.1. The molecule has 1 amide bonds. The van der Waals surface area contributed by atoms with Gasteiger partial charge in [-0.2, -0.15) is 0 Å². The number of pyridine rings is 2. The van der Waals surface area contributed by atoms with Crippen LogP contribution in [-0.2, 0) is 19.4 Å². The van der Waals surface area contributed by atoms with Crippen LogP contribution >= 0.6 is 0 Å². The molecule has 11 nitrogen and oxygen atoms in total. The molecule has 230 valence electrons. The third kappa shape index (κ3) is 4.62. The van der Waals surface area contributed by atoms with E-state index in [0.717, 1.165) is 24.6 Å². The largest absolute Gasteiger partial charge is 0.434 e. The summed E-state index contributed by atoms with van der Waals surface area (Å²) in [5.41, 5.74) is 5.00. The standard InChI is InChI=1S/C33H24F2N6O5/c34-19-7-3-17(4-8-19)5-11-22-27(30-38-39-32(43)46-30)26(28-29(37-22)24-2-1-13-40(24)31(28)42)18-6-12-23-25(14-18)45-33(44)41(23)16-21-10-9-20(35)15-36-21/h3-4,6-10,12,14-15,24H,1-2,5,11,13,16H2,(H,39,43). The number of carbonyl (C=O) groups excluding carboxylic acids is 1. The maximum atomic E-state index is 14.0. The highest BCUT2D eigenvalue weighted by atomic mass is 19.1. The molecule has 0 radical (unpaired) electrons. The van der Waals surface area contributed by atoms with Crippen molar-refractivity contribution in [1.29, 1.82) is 0 Å². The van der Waals surface area contributed by atoms with Crippen molar-refractivity contribution in [2.75, 3.05) is 6.54 Å². The number of hydrogen-bond donors (Lipinski definition) is 1. The van der Waals surface area contributed by atoms with Crippen LogP contribution in [0.5, 0.6) is 0 Å². The fraction of sp³-hybridized carbons (Fsp3) is 0.212. The molecule has 0 spiro atoms. The normalized spacial score (nSPS) is 15.6. The van der Waals surface area contributed by atoms with Gasteiger partial charge in [0.2, 0.25) is 0 Å². The highest BCUT2D eigenvalue weighted by Crippen LogP contribution is 2.48. The second kappa shape index (κ2) is 10.7. The lowest BCUT2D eigenvalue weighted by atomic mass is 9.89. The van der Waals surface area contributed by atoms with Crippen molar-refractivity contribution in [3.05, 3.63) is 122 Å². The van der Waals surface area contributed by atoms with Crippen molar-refractivity contribution >= 4 is 17.0 Å². The van der Waals surface area contributed by atoms with E-state index in [9.17, 15) is 23.2 Å². The van der Waals surface area contributed by atoms with E-state index in [0.29, 0.717) is 64.2 Å². The first kappa shape index (κ1) is 27.8. The quantitative estimate of drug-likeness (QED) is 0.268. The minimum atomic E-state index is -0.772. The first-order valence-corrected chi connectivity index (χ1v) is 14.8. The molecule has 1 N–H and O–H groups in total. The summed E-state index contributed by atoms with van der Waals surface area (Å²) in [5.74, 6) is -2.46. The van der Waals surface area contributed by atoms with Crippen LogP contribution in [-0.4, -0.2) is 42.1 Å². The minimum Gasteiger partial charge on any atom is -0.408 e. The van der Waals surface area contributed by atoms with Crippen molar-refractivity contribution in [2.45, 2.75) is 38.3 Å². The second-order valence-electron chi connectivity index (χ2n) is 11.4. The van der Waals surface area contributed by atoms with Crippen molar-refractivity contribution in [3.63, 3.8) is 0 Å². The molecule has 2 aliphatic heterocycles. The number of hydrogen-bond acceptors (Lipinski definition) is 8. The summed E-state index contributed by atoms with van der Waals surface area (Å²) < 4.78 is 39.5. The number of carbonyl (C=O) groups is 1. The Bertz CT molecular complexity index is 2270. The summed E-state index contributed by atoms with van der Waals surface area (Å²) in [5, 5.41) is 6.44. The molecule has 46 heavy (non-hydrogen) atoms. The van der Waals surface area contributed by atoms with Gasteiger partial charge in [-0.3, -0.25) is 19.3 Å². The van der Waals surface area contributed by atoms with Crippen LogP contribution in [0.3, 0.4) is 0 Å². The van der Waals surface area contributed by atoms with Crippen molar-refractivity contribution in [3.8, 4) is 22.6 Å². The fourth-order valence-corrected chi connectivity index (χ4v) is 6.53. The predicted molar refractivity (Wildman–Crippen MR) is 160 cm³/mol. The number of oxazole rings is 1. The van der Waals surface area contributed by atoms with E-state index in [1.807, 2.05) is 0 Å². The van der Waals surface area contributed by atoms with E-state index in [4.69, 9.17) is 13.8 Å². The Hall–Kier alpha value is -5.72. The number of amides is 1. The Kier molecular flexibility index (Phi) is 6.48. The lowest BCUT2D eigenvalue weighted by Gasteiger charge is -2.17. The maximum absolute atomic E-state index is 14.0. The number of aryl methyl sites for hydroxylation is 2. The summed E-state index contributed by atoms with van der Waals surface area (Å²) in [6, 6.07) is 13.9. The Morgan fingerprint density at radius 3 is 2.50 bits per heavy atom. The van der Waals surface area contributed by atoms with Crippen molar-refractivity contribution in [1.82, 2.24) is 29.6 Å². The summed E-state index contributed by atoms with van der Waals surface area (Å²) in [4.78, 5) is 50.0. The molecule has 2 aromatic carbocycles. The van der Waals surface area contributed by atoms with Crippen LogP contribution in [0.1, 0.15) is 51.9 Å². The van der Waals surface area contributed by atoms with Gasteiger partial charge >= 0.3 is 11.5 Å². The van der Waals surface area contributed by atoms with Gasteiger partial charge in [0.15, 0.2) is 5.58 Å². The topological polar surface area (TPSA) is 140 Å². The average Bonchev–Trinajstić information content (AvgIpc) is 3.83. The van der Waals surface area contributed by atoms with E-state index in [2.05, 4.69) is 15.2 Å². The molecule has 13 heteroatoms. The molecule has 1 saturated heterocycles. The molecule has 6 aromatic rings. The smallest absolute Gasteiger partial charge is 0.408 e. The van der Waals surface area contributed by atoms with E-state index >= 15 is 0 Å². The SMILES string of the molecule is O=C1c2c(nc(CCc3ccc(F)cc3)c(-c3n[nH]c(=O)o3)c2-c2ccc3c(c2)oc(=O)n3Cc2ccc(F)cn2)C2CCCN12. The van der Waals surface area contributed by atoms with Crippen LogP contribution in [0.25, 0.3) is 33.7 Å². The van der Waals surface area contributed by atoms with E-state index in [-0.39, 0.29) is 35.8 Å². The zero-order chi connectivity index (χ0) is 31.5. The molecule has 4 aromatic heterocycles. The number of benzene rings is 2. The summed E-state index contributed by atoms with van der Waals surface area (Å²) in [6.45, 7) is 0.646. The van der Waals surface area contributed by atoms with Crippen LogP contribution < -0.4 is 11.5 Å². The molecule has 2 aliphatic rings. The second-order valence-corrected chi connectivity index (χ2v) is 11.4. The molecule has 0 bridgehead atoms. The molecule has 0 saturated carbocycles. The van der Waals surface area contributed by atoms with E-state index in [1.54, 1.807) is 35.2 Å². The summed E-state index contributed by atoms with van der Waals surface area (Å²) in [6.07, 6.45) is 3.55. The lowest BCUT2D eigenvalue weighted by molar-refractivity contribution is 0.0776. The minimum absolute atomic E-state index is 0.0363. The molecule has 6 heterocycles. The lowest BCUT2D eigenvalue weighted by Crippen LogP contribution is -2.23. The molecule has 1 unspecified atom stereocenters. The van der Waals surface area contributed by atoms with Gasteiger partial charge in [-0.1, -0.05) is 18.2 Å². The average molecular weight is 623 g/mol. The molecule has 8 rings (SSSR count). The molecular weight excluding hydrogens is 598 g/mol. The Morgan fingerprint density at radius 2 is 1.74 bits per heavy atom. The third-order valence-corrected chi connectivity index (χ3v) is 8.62. The fourth-order valence-electron chi connectivity index (χ4n) is 6.53. The third-order valence-electron chi connectivity index (χ3n) is 8.62. The van der Waals surface area contributed by atoms with Crippen molar-refractivity contribution in [2.24, 2.45) is 0 Å². The number of nitrogens with zero attached hydrogens (tertiary/aromatic N) is 5. The van der Waals surface area contributed by atoms with Gasteiger partial charge in [-0.25, -0.2) is 23.5 Å². The Labute approximate surface area is 258 Å². The summed E-state index contributed by atoms with van der Waals surface area (Å²) >= 11 is 0. The molecule has 1 fully saturated rings. The Balaban J connectivity index is 1.32. The van der Waals surface area contributed by atoms with Gasteiger partial charge < -0.3 is 13.7 Å². The van der Waals surface area contributed by atoms with Gasteiger partial charge in [-0.15, -0.1) is 5.10 Å². The highest BCUT2D eigenvalue weighted by molar-refractivity contribution is 6.08. The number of fused-ring (bicyclic) bond motifs is 4.